The van der Waals surface area contributed by atoms with Crippen molar-refractivity contribution in [1.29, 1.82) is 0 Å². The molecule has 0 spiro atoms. The molecule has 0 aliphatic rings. The first kappa shape index (κ1) is 18.0. The SMILES string of the molecule is CC(C(N)=O)N(C(C)C(N)=O)C(C)C(N)=O.Cl. The van der Waals surface area contributed by atoms with Gasteiger partial charge < -0.3 is 17.2 Å². The number of amides is 3. The van der Waals surface area contributed by atoms with Gasteiger partial charge >= 0.3 is 0 Å². The molecule has 3 atom stereocenters. The van der Waals surface area contributed by atoms with Crippen molar-refractivity contribution in [3.63, 3.8) is 0 Å². The monoisotopic (exact) mass is 266 g/mol. The van der Waals surface area contributed by atoms with Gasteiger partial charge in [-0.3, -0.25) is 19.3 Å². The van der Waals surface area contributed by atoms with Gasteiger partial charge in [-0.2, -0.15) is 0 Å². The largest absolute Gasteiger partial charge is 0.368 e. The number of rotatable bonds is 6. The molecule has 100 valence electrons. The fourth-order valence-corrected chi connectivity index (χ4v) is 1.45. The zero-order chi connectivity index (χ0) is 13.0. The van der Waals surface area contributed by atoms with Crippen molar-refractivity contribution in [2.24, 2.45) is 17.2 Å². The lowest BCUT2D eigenvalue weighted by Gasteiger charge is -2.34. The van der Waals surface area contributed by atoms with E-state index in [0.29, 0.717) is 0 Å². The van der Waals surface area contributed by atoms with Crippen molar-refractivity contribution < 1.29 is 14.4 Å². The number of primary amides is 3. The number of nitrogens with two attached hydrogens (primary N) is 3. The van der Waals surface area contributed by atoms with Gasteiger partial charge in [-0.1, -0.05) is 0 Å². The van der Waals surface area contributed by atoms with Crippen LogP contribution in [0.1, 0.15) is 20.8 Å². The summed E-state index contributed by atoms with van der Waals surface area (Å²) in [6.45, 7) is 4.46. The molecule has 17 heavy (non-hydrogen) atoms. The minimum Gasteiger partial charge on any atom is -0.368 e. The fraction of sp³-hybridized carbons (Fsp3) is 0.667. The normalized spacial score (nSPS) is 15.5. The van der Waals surface area contributed by atoms with Gasteiger partial charge in [-0.05, 0) is 20.8 Å². The summed E-state index contributed by atoms with van der Waals surface area (Å²) in [5.74, 6) is -1.95. The Morgan fingerprint density at radius 3 is 1.06 bits per heavy atom. The Bertz CT molecular complexity index is 263. The molecule has 0 fully saturated rings. The summed E-state index contributed by atoms with van der Waals surface area (Å²) in [6.07, 6.45) is 0. The molecule has 0 aliphatic heterocycles. The fourth-order valence-electron chi connectivity index (χ4n) is 1.45. The summed E-state index contributed by atoms with van der Waals surface area (Å²) in [7, 11) is 0. The number of carbonyl (C=O) groups is 3. The molecule has 6 N–H and O–H groups in total. The molecule has 0 bridgehead atoms. The highest BCUT2D eigenvalue weighted by Crippen LogP contribution is 2.10. The minimum atomic E-state index is -0.801. The molecule has 0 aromatic rings. The van der Waals surface area contributed by atoms with Gasteiger partial charge in [-0.25, -0.2) is 0 Å². The lowest BCUT2D eigenvalue weighted by molar-refractivity contribution is -0.134. The van der Waals surface area contributed by atoms with E-state index in [1.807, 2.05) is 0 Å². The maximum absolute atomic E-state index is 11.1. The lowest BCUT2D eigenvalue weighted by atomic mass is 10.1. The van der Waals surface area contributed by atoms with Crippen molar-refractivity contribution in [2.75, 3.05) is 0 Å². The second-order valence-corrected chi connectivity index (χ2v) is 3.68. The second kappa shape index (κ2) is 7.08. The molecule has 0 aliphatic carbocycles. The van der Waals surface area contributed by atoms with Gasteiger partial charge in [0, 0.05) is 0 Å². The van der Waals surface area contributed by atoms with Gasteiger partial charge in [0.2, 0.25) is 17.7 Å². The maximum Gasteiger partial charge on any atom is 0.234 e. The first-order valence-corrected chi connectivity index (χ1v) is 4.85. The summed E-state index contributed by atoms with van der Waals surface area (Å²) in [4.78, 5) is 34.5. The zero-order valence-electron chi connectivity index (χ0n) is 10.0. The Hall–Kier alpha value is -1.34. The van der Waals surface area contributed by atoms with Crippen LogP contribution in [0.25, 0.3) is 0 Å². The van der Waals surface area contributed by atoms with Crippen LogP contribution >= 0.6 is 12.4 Å². The van der Waals surface area contributed by atoms with Crippen LogP contribution in [0.15, 0.2) is 0 Å². The van der Waals surface area contributed by atoms with E-state index >= 15 is 0 Å². The summed E-state index contributed by atoms with van der Waals surface area (Å²) in [5, 5.41) is 0. The molecule has 0 heterocycles. The van der Waals surface area contributed by atoms with Gasteiger partial charge in [0.15, 0.2) is 0 Å². The van der Waals surface area contributed by atoms with Crippen molar-refractivity contribution in [1.82, 2.24) is 4.90 Å². The van der Waals surface area contributed by atoms with Crippen LogP contribution in [0.4, 0.5) is 0 Å². The molecule has 3 amide bonds. The standard InChI is InChI=1S/C9H18N4O3.ClH/c1-4(7(10)14)13(5(2)8(11)15)6(3)9(12)16;/h4-6H,1-3H3,(H2,10,14)(H2,11,15)(H2,12,16);1H. The van der Waals surface area contributed by atoms with Crippen molar-refractivity contribution >= 4 is 30.1 Å². The highest BCUT2D eigenvalue weighted by Gasteiger charge is 2.33. The first-order valence-electron chi connectivity index (χ1n) is 4.85. The number of hydrogen-bond donors (Lipinski definition) is 3. The summed E-state index contributed by atoms with van der Waals surface area (Å²) in [5.41, 5.74) is 15.4. The van der Waals surface area contributed by atoms with Crippen LogP contribution < -0.4 is 17.2 Å². The van der Waals surface area contributed by atoms with Gasteiger partial charge in [0.1, 0.15) is 0 Å². The molecule has 3 unspecified atom stereocenters. The zero-order valence-corrected chi connectivity index (χ0v) is 10.9. The summed E-state index contributed by atoms with van der Waals surface area (Å²) in [6, 6.07) is -2.40. The van der Waals surface area contributed by atoms with E-state index < -0.39 is 35.8 Å². The van der Waals surface area contributed by atoms with E-state index in [-0.39, 0.29) is 12.4 Å². The van der Waals surface area contributed by atoms with Crippen LogP contribution in [-0.4, -0.2) is 40.7 Å². The number of hydrogen-bond acceptors (Lipinski definition) is 4. The third-order valence-corrected chi connectivity index (χ3v) is 2.58. The van der Waals surface area contributed by atoms with Crippen molar-refractivity contribution in [2.45, 2.75) is 38.9 Å². The van der Waals surface area contributed by atoms with Gasteiger partial charge in [0.05, 0.1) is 18.1 Å². The third-order valence-electron chi connectivity index (χ3n) is 2.58. The molecule has 0 aromatic heterocycles. The maximum atomic E-state index is 11.1. The van der Waals surface area contributed by atoms with Crippen LogP contribution in [-0.2, 0) is 14.4 Å². The van der Waals surface area contributed by atoms with E-state index in [4.69, 9.17) is 17.2 Å². The van der Waals surface area contributed by atoms with E-state index in [9.17, 15) is 14.4 Å². The van der Waals surface area contributed by atoms with Crippen molar-refractivity contribution in [3.05, 3.63) is 0 Å². The summed E-state index contributed by atoms with van der Waals surface area (Å²) < 4.78 is 0. The Kier molecular flexibility index (Phi) is 7.51. The van der Waals surface area contributed by atoms with Gasteiger partial charge in [-0.15, -0.1) is 12.4 Å². The average molecular weight is 267 g/mol. The van der Waals surface area contributed by atoms with Crippen molar-refractivity contribution in [3.8, 4) is 0 Å². The molecular formula is C9H19ClN4O3. The Morgan fingerprint density at radius 1 is 0.765 bits per heavy atom. The second-order valence-electron chi connectivity index (χ2n) is 3.68. The van der Waals surface area contributed by atoms with Crippen LogP contribution in [0.5, 0.6) is 0 Å². The predicted molar refractivity (Wildman–Crippen MR) is 65.1 cm³/mol. The van der Waals surface area contributed by atoms with Crippen LogP contribution in [0, 0.1) is 0 Å². The van der Waals surface area contributed by atoms with E-state index in [0.717, 1.165) is 0 Å². The van der Waals surface area contributed by atoms with Crippen LogP contribution in [0.2, 0.25) is 0 Å². The number of nitrogens with zero attached hydrogens (tertiary/aromatic N) is 1. The molecule has 0 saturated heterocycles. The van der Waals surface area contributed by atoms with Gasteiger partial charge in [0.25, 0.3) is 0 Å². The Morgan fingerprint density at radius 2 is 0.941 bits per heavy atom. The van der Waals surface area contributed by atoms with E-state index in [1.54, 1.807) is 0 Å². The number of carbonyl (C=O) groups excluding carboxylic acids is 3. The minimum absolute atomic E-state index is 0. The Balaban J connectivity index is 0. The lowest BCUT2D eigenvalue weighted by Crippen LogP contribution is -2.58. The molecule has 0 rings (SSSR count). The van der Waals surface area contributed by atoms with Crippen LogP contribution in [0.3, 0.4) is 0 Å². The molecule has 0 saturated carbocycles. The molecule has 8 heteroatoms. The highest BCUT2D eigenvalue weighted by atomic mass is 35.5. The quantitative estimate of drug-likeness (QED) is 0.530. The Labute approximate surface area is 106 Å². The van der Waals surface area contributed by atoms with E-state index in [1.165, 1.54) is 25.7 Å². The topological polar surface area (TPSA) is 133 Å². The molecular weight excluding hydrogens is 248 g/mol. The smallest absolute Gasteiger partial charge is 0.234 e. The third kappa shape index (κ3) is 4.58. The first-order chi connectivity index (χ1) is 7.20. The number of halogens is 1. The summed E-state index contributed by atoms with van der Waals surface area (Å²) >= 11 is 0. The molecule has 0 radical (unpaired) electrons. The van der Waals surface area contributed by atoms with E-state index in [2.05, 4.69) is 0 Å². The predicted octanol–water partition coefficient (Wildman–Crippen LogP) is -1.67. The highest BCUT2D eigenvalue weighted by molar-refractivity contribution is 5.86. The molecule has 0 aromatic carbocycles. The average Bonchev–Trinajstić information content (AvgIpc) is 2.16. The molecule has 7 nitrogen and oxygen atoms in total.